The van der Waals surface area contributed by atoms with Crippen molar-refractivity contribution in [2.75, 3.05) is 4.90 Å². The lowest BCUT2D eigenvalue weighted by atomic mass is 9.70. The van der Waals surface area contributed by atoms with E-state index in [0.29, 0.717) is 0 Å². The monoisotopic (exact) mass is 771 g/mol. The molecule has 0 saturated heterocycles. The fraction of sp³-hybridized carbons (Fsp3) is 0.153. The van der Waals surface area contributed by atoms with Crippen LogP contribution in [-0.2, 0) is 5.41 Å². The zero-order valence-corrected chi connectivity index (χ0v) is 35.0. The highest BCUT2D eigenvalue weighted by Crippen LogP contribution is 2.63. The quantitative estimate of drug-likeness (QED) is 0.163. The van der Waals surface area contributed by atoms with Gasteiger partial charge in [-0.15, -0.1) is 0 Å². The summed E-state index contributed by atoms with van der Waals surface area (Å²) in [7, 11) is 0. The van der Waals surface area contributed by atoms with E-state index in [9.17, 15) is 0 Å². The summed E-state index contributed by atoms with van der Waals surface area (Å²) in [5.41, 5.74) is 26.7. The Bertz CT molecular complexity index is 2970. The van der Waals surface area contributed by atoms with Crippen LogP contribution >= 0.6 is 0 Å². The molecule has 0 bridgehead atoms. The van der Waals surface area contributed by atoms with E-state index >= 15 is 0 Å². The maximum Gasteiger partial charge on any atom is 0.0726 e. The molecule has 1 heteroatoms. The number of allylic oxidation sites excluding steroid dienone is 8. The second kappa shape index (κ2) is 14.2. The molecule has 4 aliphatic rings. The molecule has 0 unspecified atom stereocenters. The predicted octanol–water partition coefficient (Wildman–Crippen LogP) is 15.9. The summed E-state index contributed by atoms with van der Waals surface area (Å²) in [5.74, 6) is 0. The minimum absolute atomic E-state index is 0.457. The topological polar surface area (TPSA) is 3.24 Å². The molecule has 0 amide bonds. The SMILES string of the molecule is CC1=CCCC=C1c1ccc(N(c2ccc3c(c2)C2(c4ccccc4-c4ccccc42)c2ccc(-c4ccc(C)cc4)cc2-3)c2ccc(C3=CCCC=C3)cc2C)cc1C. The van der Waals surface area contributed by atoms with Gasteiger partial charge in [-0.05, 0) is 190 Å². The third-order valence-electron chi connectivity index (χ3n) is 13.6. The lowest BCUT2D eigenvalue weighted by molar-refractivity contribution is 0.794. The summed E-state index contributed by atoms with van der Waals surface area (Å²) >= 11 is 0. The molecule has 0 aliphatic heterocycles. The van der Waals surface area contributed by atoms with Crippen LogP contribution in [0.4, 0.5) is 17.1 Å². The van der Waals surface area contributed by atoms with E-state index in [0.717, 1.165) is 31.4 Å². The largest absolute Gasteiger partial charge is 0.310 e. The van der Waals surface area contributed by atoms with Gasteiger partial charge in [-0.3, -0.25) is 0 Å². The molecule has 11 rings (SSSR count). The number of benzene rings is 7. The highest BCUT2D eigenvalue weighted by atomic mass is 15.1. The molecule has 0 radical (unpaired) electrons. The number of hydrogen-bond donors (Lipinski definition) is 0. The van der Waals surface area contributed by atoms with Crippen LogP contribution in [0.5, 0.6) is 0 Å². The average molecular weight is 772 g/mol. The lowest BCUT2D eigenvalue weighted by Crippen LogP contribution is -2.26. The summed E-state index contributed by atoms with van der Waals surface area (Å²) in [6.07, 6.45) is 16.2. The van der Waals surface area contributed by atoms with Gasteiger partial charge >= 0.3 is 0 Å². The van der Waals surface area contributed by atoms with E-state index in [1.807, 2.05) is 0 Å². The van der Waals surface area contributed by atoms with Crippen molar-refractivity contribution in [2.24, 2.45) is 0 Å². The maximum atomic E-state index is 2.53. The van der Waals surface area contributed by atoms with Crippen molar-refractivity contribution in [2.45, 2.75) is 58.8 Å². The van der Waals surface area contributed by atoms with E-state index < -0.39 is 5.41 Å². The molecular formula is C59H49N. The van der Waals surface area contributed by atoms with Crippen molar-refractivity contribution in [3.63, 3.8) is 0 Å². The zero-order valence-electron chi connectivity index (χ0n) is 35.0. The molecule has 0 aromatic heterocycles. The second-order valence-electron chi connectivity index (χ2n) is 17.3. The second-order valence-corrected chi connectivity index (χ2v) is 17.3. The smallest absolute Gasteiger partial charge is 0.0726 e. The van der Waals surface area contributed by atoms with Crippen LogP contribution in [0, 0.1) is 20.8 Å². The average Bonchev–Trinajstić information content (AvgIpc) is 3.75. The third-order valence-corrected chi connectivity index (χ3v) is 13.6. The molecular weight excluding hydrogens is 723 g/mol. The summed E-state index contributed by atoms with van der Waals surface area (Å²) in [4.78, 5) is 2.51. The molecule has 0 saturated carbocycles. The summed E-state index contributed by atoms with van der Waals surface area (Å²) in [5, 5.41) is 0. The van der Waals surface area contributed by atoms with Gasteiger partial charge in [0.25, 0.3) is 0 Å². The van der Waals surface area contributed by atoms with Gasteiger partial charge in [-0.2, -0.15) is 0 Å². The number of fused-ring (bicyclic) bond motifs is 10. The Morgan fingerprint density at radius 3 is 1.77 bits per heavy atom. The van der Waals surface area contributed by atoms with Crippen molar-refractivity contribution < 1.29 is 0 Å². The molecule has 0 atom stereocenters. The van der Waals surface area contributed by atoms with Crippen LogP contribution in [0.3, 0.4) is 0 Å². The Morgan fingerprint density at radius 1 is 0.433 bits per heavy atom. The third kappa shape index (κ3) is 5.60. The molecule has 1 spiro atoms. The Kier molecular flexibility index (Phi) is 8.64. The fourth-order valence-corrected chi connectivity index (χ4v) is 10.7. The molecule has 0 heterocycles. The molecule has 7 aromatic carbocycles. The first-order valence-electron chi connectivity index (χ1n) is 21.7. The number of anilines is 3. The summed E-state index contributed by atoms with van der Waals surface area (Å²) < 4.78 is 0. The maximum absolute atomic E-state index is 2.53. The fourth-order valence-electron chi connectivity index (χ4n) is 10.7. The van der Waals surface area contributed by atoms with E-state index in [1.54, 1.807) is 0 Å². The van der Waals surface area contributed by atoms with Crippen molar-refractivity contribution in [3.05, 3.63) is 232 Å². The minimum Gasteiger partial charge on any atom is -0.310 e. The first-order chi connectivity index (χ1) is 29.4. The van der Waals surface area contributed by atoms with Crippen LogP contribution in [0.1, 0.15) is 82.7 Å². The van der Waals surface area contributed by atoms with E-state index in [2.05, 4.69) is 209 Å². The van der Waals surface area contributed by atoms with E-state index in [1.165, 1.54) is 112 Å². The van der Waals surface area contributed by atoms with Gasteiger partial charge in [0.2, 0.25) is 0 Å². The molecule has 60 heavy (non-hydrogen) atoms. The minimum atomic E-state index is -0.457. The van der Waals surface area contributed by atoms with Gasteiger partial charge in [0.15, 0.2) is 0 Å². The van der Waals surface area contributed by atoms with Gasteiger partial charge in [0, 0.05) is 17.1 Å². The van der Waals surface area contributed by atoms with Gasteiger partial charge in [0.05, 0.1) is 5.41 Å². The molecule has 0 N–H and O–H groups in total. The highest BCUT2D eigenvalue weighted by molar-refractivity contribution is 5.97. The summed E-state index contributed by atoms with van der Waals surface area (Å²) in [6.45, 7) is 8.98. The Hall–Kier alpha value is -6.70. The molecule has 0 fully saturated rings. The van der Waals surface area contributed by atoms with Crippen molar-refractivity contribution >= 4 is 28.2 Å². The van der Waals surface area contributed by atoms with Crippen LogP contribution in [-0.4, -0.2) is 0 Å². The Morgan fingerprint density at radius 2 is 1.07 bits per heavy atom. The van der Waals surface area contributed by atoms with E-state index in [4.69, 9.17) is 0 Å². The number of hydrogen-bond acceptors (Lipinski definition) is 1. The normalized spacial score (nSPS) is 15.4. The summed E-state index contributed by atoms with van der Waals surface area (Å²) in [6, 6.07) is 55.9. The van der Waals surface area contributed by atoms with Crippen LogP contribution < -0.4 is 4.90 Å². The van der Waals surface area contributed by atoms with Gasteiger partial charge in [-0.1, -0.05) is 139 Å². The van der Waals surface area contributed by atoms with Crippen LogP contribution in [0.25, 0.3) is 44.5 Å². The molecule has 7 aromatic rings. The molecule has 290 valence electrons. The van der Waals surface area contributed by atoms with E-state index in [-0.39, 0.29) is 0 Å². The van der Waals surface area contributed by atoms with Crippen LogP contribution in [0.15, 0.2) is 182 Å². The van der Waals surface area contributed by atoms with Crippen molar-refractivity contribution in [1.82, 2.24) is 0 Å². The lowest BCUT2D eigenvalue weighted by Gasteiger charge is -2.33. The molecule has 1 nitrogen and oxygen atoms in total. The highest BCUT2D eigenvalue weighted by Gasteiger charge is 2.51. The molecule has 4 aliphatic carbocycles. The Balaban J connectivity index is 1.15. The number of nitrogens with zero attached hydrogens (tertiary/aromatic N) is 1. The van der Waals surface area contributed by atoms with Gasteiger partial charge in [-0.25, -0.2) is 0 Å². The van der Waals surface area contributed by atoms with Gasteiger partial charge in [0.1, 0.15) is 0 Å². The van der Waals surface area contributed by atoms with Gasteiger partial charge < -0.3 is 4.90 Å². The first-order valence-corrected chi connectivity index (χ1v) is 21.7. The van der Waals surface area contributed by atoms with Crippen LogP contribution in [0.2, 0.25) is 0 Å². The number of rotatable bonds is 6. The standard InChI is InChI=1S/C59H49N/c1-38-22-24-43(25-23-38)45-26-32-56-53(36-45)52-31-29-47(37-57(52)59(56)54-20-12-10-18-50(54)51-19-11-13-21-55(51)59)60(58-33-27-44(34-41(58)4)42-15-6-5-7-16-42)46-28-30-49(40(3)35-46)48-17-9-8-14-39(48)2/h6,10-37H,5,7-9H2,1-4H3. The van der Waals surface area contributed by atoms with Crippen molar-refractivity contribution in [1.29, 1.82) is 0 Å². The first kappa shape index (κ1) is 36.4. The zero-order chi connectivity index (χ0) is 40.5. The Labute approximate surface area is 355 Å². The predicted molar refractivity (Wildman–Crippen MR) is 254 cm³/mol. The van der Waals surface area contributed by atoms with Crippen molar-refractivity contribution in [3.8, 4) is 33.4 Å². The number of aryl methyl sites for hydroxylation is 3.